The van der Waals surface area contributed by atoms with E-state index in [1.165, 1.54) is 31.3 Å². The maximum Gasteiger partial charge on any atom is 0.244 e. The van der Waals surface area contributed by atoms with Gasteiger partial charge in [0.2, 0.25) is 21.8 Å². The fraction of sp³-hybridized carbons (Fsp3) is 0.417. The molecule has 0 fully saturated rings. The molecular weight excluding hydrogens is 529 g/mol. The molecule has 0 heterocycles. The van der Waals surface area contributed by atoms with Crippen LogP contribution < -0.4 is 19.1 Å². The van der Waals surface area contributed by atoms with Gasteiger partial charge in [-0.3, -0.25) is 13.9 Å². The lowest BCUT2D eigenvalue weighted by Gasteiger charge is -2.33. The molecule has 0 saturated carbocycles. The number of likely N-dealkylation sites (N-methyl/N-ethyl adjacent to an activating group) is 1. The summed E-state index contributed by atoms with van der Waals surface area (Å²) >= 11 is 12.4. The van der Waals surface area contributed by atoms with Crippen LogP contribution in [-0.2, 0) is 26.2 Å². The molecule has 0 aliphatic rings. The summed E-state index contributed by atoms with van der Waals surface area (Å²) in [5.74, 6) is -0.291. The maximum atomic E-state index is 13.7. The molecule has 1 atom stereocenters. The number of sulfonamides is 1. The quantitative estimate of drug-likeness (QED) is 0.425. The fourth-order valence-electron chi connectivity index (χ4n) is 3.63. The lowest BCUT2D eigenvalue weighted by atomic mass is 10.1. The summed E-state index contributed by atoms with van der Waals surface area (Å²) < 4.78 is 37.1. The molecular formula is C24H31Cl2N3O6S. The number of hydrogen-bond acceptors (Lipinski definition) is 6. The van der Waals surface area contributed by atoms with Crippen molar-refractivity contribution in [1.29, 1.82) is 0 Å². The number of nitrogens with one attached hydrogen (secondary N) is 1. The normalized spacial score (nSPS) is 12.0. The van der Waals surface area contributed by atoms with Crippen LogP contribution in [0.4, 0.5) is 5.69 Å². The van der Waals surface area contributed by atoms with Gasteiger partial charge in [-0.05, 0) is 43.2 Å². The van der Waals surface area contributed by atoms with Crippen LogP contribution in [-0.4, -0.2) is 64.7 Å². The smallest absolute Gasteiger partial charge is 0.244 e. The van der Waals surface area contributed by atoms with Crippen molar-refractivity contribution in [2.24, 2.45) is 0 Å². The second-order valence-electron chi connectivity index (χ2n) is 7.88. The minimum atomic E-state index is -3.93. The highest BCUT2D eigenvalue weighted by Crippen LogP contribution is 2.34. The van der Waals surface area contributed by atoms with E-state index >= 15 is 0 Å². The monoisotopic (exact) mass is 559 g/mol. The highest BCUT2D eigenvalue weighted by Gasteiger charge is 2.32. The first-order valence-electron chi connectivity index (χ1n) is 11.2. The minimum absolute atomic E-state index is 0.0260. The Morgan fingerprint density at radius 1 is 1.06 bits per heavy atom. The van der Waals surface area contributed by atoms with Crippen molar-refractivity contribution in [3.05, 3.63) is 52.0 Å². The summed E-state index contributed by atoms with van der Waals surface area (Å²) in [4.78, 5) is 27.9. The molecule has 9 nitrogen and oxygen atoms in total. The van der Waals surface area contributed by atoms with Crippen molar-refractivity contribution >= 4 is 50.7 Å². The molecule has 2 aromatic carbocycles. The molecule has 2 rings (SSSR count). The Hall–Kier alpha value is -2.69. The van der Waals surface area contributed by atoms with Crippen molar-refractivity contribution < 1.29 is 27.5 Å². The first kappa shape index (κ1) is 29.5. The van der Waals surface area contributed by atoms with Crippen LogP contribution >= 0.6 is 23.2 Å². The number of nitrogens with zero attached hydrogens (tertiary/aromatic N) is 2. The van der Waals surface area contributed by atoms with Crippen molar-refractivity contribution in [3.8, 4) is 11.5 Å². The summed E-state index contributed by atoms with van der Waals surface area (Å²) in [5.41, 5.74) is 0.717. The number of amides is 2. The van der Waals surface area contributed by atoms with E-state index in [0.717, 1.165) is 10.6 Å². The second kappa shape index (κ2) is 13.0. The molecule has 0 saturated heterocycles. The molecule has 0 unspecified atom stereocenters. The Balaban J connectivity index is 2.53. The zero-order valence-electron chi connectivity index (χ0n) is 20.9. The molecule has 36 heavy (non-hydrogen) atoms. The van der Waals surface area contributed by atoms with E-state index in [0.29, 0.717) is 34.3 Å². The van der Waals surface area contributed by atoms with E-state index in [2.05, 4.69) is 5.32 Å². The molecule has 0 radical (unpaired) electrons. The third-order valence-electron chi connectivity index (χ3n) is 5.43. The van der Waals surface area contributed by atoms with Gasteiger partial charge in [-0.15, -0.1) is 0 Å². The summed E-state index contributed by atoms with van der Waals surface area (Å²) in [6.07, 6.45) is 1.29. The number of hydrogen-bond donors (Lipinski definition) is 1. The van der Waals surface area contributed by atoms with Gasteiger partial charge in [0.25, 0.3) is 0 Å². The van der Waals surface area contributed by atoms with E-state index < -0.39 is 28.5 Å². The summed E-state index contributed by atoms with van der Waals surface area (Å²) in [6.45, 7) is 3.32. The van der Waals surface area contributed by atoms with Crippen molar-refractivity contribution in [2.45, 2.75) is 32.9 Å². The van der Waals surface area contributed by atoms with Crippen LogP contribution in [0.5, 0.6) is 11.5 Å². The molecule has 1 N–H and O–H groups in total. The third kappa shape index (κ3) is 7.41. The Morgan fingerprint density at radius 2 is 1.75 bits per heavy atom. The lowest BCUT2D eigenvalue weighted by Crippen LogP contribution is -2.52. The number of methoxy groups -OCH3 is 2. The van der Waals surface area contributed by atoms with Gasteiger partial charge in [0.15, 0.2) is 0 Å². The number of anilines is 1. The van der Waals surface area contributed by atoms with Gasteiger partial charge in [-0.1, -0.05) is 36.2 Å². The predicted molar refractivity (Wildman–Crippen MR) is 142 cm³/mol. The molecule has 2 aromatic rings. The zero-order chi connectivity index (χ0) is 27.0. The largest absolute Gasteiger partial charge is 0.497 e. The molecule has 0 aliphatic heterocycles. The maximum absolute atomic E-state index is 13.7. The van der Waals surface area contributed by atoms with Crippen LogP contribution in [0.25, 0.3) is 0 Å². The molecule has 0 bridgehead atoms. The molecule has 198 valence electrons. The molecule has 0 aromatic heterocycles. The van der Waals surface area contributed by atoms with Crippen LogP contribution in [0.2, 0.25) is 10.0 Å². The topological polar surface area (TPSA) is 105 Å². The highest BCUT2D eigenvalue weighted by atomic mass is 35.5. The average molecular weight is 561 g/mol. The number of benzene rings is 2. The van der Waals surface area contributed by atoms with Gasteiger partial charge in [-0.25, -0.2) is 8.42 Å². The predicted octanol–water partition coefficient (Wildman–Crippen LogP) is 3.72. The van der Waals surface area contributed by atoms with Gasteiger partial charge in [0.1, 0.15) is 24.1 Å². The Morgan fingerprint density at radius 3 is 2.28 bits per heavy atom. The number of carbonyl (C=O) groups excluding carboxylic acids is 2. The first-order chi connectivity index (χ1) is 17.0. The Bertz CT molecular complexity index is 1190. The second-order valence-corrected chi connectivity index (χ2v) is 10.6. The van der Waals surface area contributed by atoms with Crippen molar-refractivity contribution in [1.82, 2.24) is 10.2 Å². The average Bonchev–Trinajstić information content (AvgIpc) is 2.82. The first-order valence-corrected chi connectivity index (χ1v) is 13.8. The van der Waals surface area contributed by atoms with Gasteiger partial charge < -0.3 is 19.7 Å². The van der Waals surface area contributed by atoms with Gasteiger partial charge in [-0.2, -0.15) is 0 Å². The highest BCUT2D eigenvalue weighted by molar-refractivity contribution is 7.92. The number of rotatable bonds is 12. The van der Waals surface area contributed by atoms with Crippen LogP contribution in [0, 0.1) is 0 Å². The van der Waals surface area contributed by atoms with Crippen LogP contribution in [0.15, 0.2) is 36.4 Å². The van der Waals surface area contributed by atoms with E-state index in [1.807, 2.05) is 0 Å². The van der Waals surface area contributed by atoms with E-state index in [-0.39, 0.29) is 23.9 Å². The lowest BCUT2D eigenvalue weighted by molar-refractivity contribution is -0.140. The zero-order valence-corrected chi connectivity index (χ0v) is 23.2. The van der Waals surface area contributed by atoms with Crippen molar-refractivity contribution in [3.63, 3.8) is 0 Å². The Kier molecular flexibility index (Phi) is 10.7. The SMILES string of the molecule is CCNC(=O)[C@H](CC)N(Cc1ccc(Cl)cc1Cl)C(=O)CN(c1ccc(OC)cc1OC)S(C)(=O)=O. The summed E-state index contributed by atoms with van der Waals surface area (Å²) in [5, 5.41) is 3.48. The minimum Gasteiger partial charge on any atom is -0.497 e. The number of halogens is 2. The van der Waals surface area contributed by atoms with E-state index in [4.69, 9.17) is 32.7 Å². The van der Waals surface area contributed by atoms with E-state index in [9.17, 15) is 18.0 Å². The fourth-order valence-corrected chi connectivity index (χ4v) is 4.95. The number of ether oxygens (including phenoxy) is 2. The van der Waals surface area contributed by atoms with Gasteiger partial charge in [0.05, 0.1) is 26.2 Å². The Labute approximate surface area is 222 Å². The molecule has 12 heteroatoms. The molecule has 0 spiro atoms. The number of carbonyl (C=O) groups is 2. The summed E-state index contributed by atoms with van der Waals surface area (Å²) in [7, 11) is -1.07. The van der Waals surface area contributed by atoms with Crippen molar-refractivity contribution in [2.75, 3.05) is 37.9 Å². The molecule has 0 aliphatic carbocycles. The van der Waals surface area contributed by atoms with Gasteiger partial charge >= 0.3 is 0 Å². The molecule has 2 amide bonds. The van der Waals surface area contributed by atoms with Crippen LogP contribution in [0.3, 0.4) is 0 Å². The standard InChI is InChI=1S/C24H31Cl2N3O6S/c1-6-20(24(31)27-7-2)28(14-16-8-9-17(25)12-19(16)26)23(30)15-29(36(5,32)33)21-11-10-18(34-3)13-22(21)35-4/h8-13,20H,6-7,14-15H2,1-5H3,(H,27,31)/t20-/m0/s1. The van der Waals surface area contributed by atoms with E-state index in [1.54, 1.807) is 38.1 Å². The van der Waals surface area contributed by atoms with Crippen LogP contribution in [0.1, 0.15) is 25.8 Å². The van der Waals surface area contributed by atoms with Gasteiger partial charge in [0, 0.05) is 29.2 Å². The third-order valence-corrected chi connectivity index (χ3v) is 7.14. The summed E-state index contributed by atoms with van der Waals surface area (Å²) in [6, 6.07) is 8.55.